The maximum atomic E-state index is 13.7. The maximum absolute atomic E-state index is 13.7. The normalized spacial score (nSPS) is 14.7. The molecular weight excluding hydrogens is 393 g/mol. The predicted molar refractivity (Wildman–Crippen MR) is 96.4 cm³/mol. The van der Waals surface area contributed by atoms with Gasteiger partial charge in [-0.2, -0.15) is 0 Å². The van der Waals surface area contributed by atoms with Crippen LogP contribution in [0.1, 0.15) is 18.4 Å². The summed E-state index contributed by atoms with van der Waals surface area (Å²) in [4.78, 5) is 28.2. The molecule has 1 aliphatic carbocycles. The number of aromatic nitrogens is 1. The molecule has 28 heavy (non-hydrogen) atoms. The van der Waals surface area contributed by atoms with E-state index in [-0.39, 0.29) is 15.3 Å². The lowest BCUT2D eigenvalue weighted by Crippen LogP contribution is -2.28. The molecule has 2 aromatic carbocycles. The third-order valence-electron chi connectivity index (χ3n) is 4.57. The molecule has 0 atom stereocenters. The number of ether oxygens (including phenoxy) is 1. The van der Waals surface area contributed by atoms with E-state index in [1.807, 2.05) is 30.3 Å². The first-order valence-electron chi connectivity index (χ1n) is 8.37. The minimum absolute atomic E-state index is 0.0460. The Morgan fingerprint density at radius 3 is 2.54 bits per heavy atom. The Morgan fingerprint density at radius 1 is 1.14 bits per heavy atom. The molecule has 0 bridgehead atoms. The Hall–Kier alpha value is -2.94. The predicted octanol–water partition coefficient (Wildman–Crippen LogP) is 3.93. The third kappa shape index (κ3) is 3.22. The number of fused-ring (bicyclic) bond motifs is 1. The van der Waals surface area contributed by atoms with Crippen LogP contribution in [-0.2, 0) is 19.7 Å². The van der Waals surface area contributed by atoms with Gasteiger partial charge in [0.25, 0.3) is 5.91 Å². The number of benzene rings is 2. The minimum Gasteiger partial charge on any atom is -0.455 e. The Kier molecular flexibility index (Phi) is 4.54. The molecule has 3 aromatic rings. The van der Waals surface area contributed by atoms with Gasteiger partial charge in [-0.25, -0.2) is 18.2 Å². The van der Waals surface area contributed by atoms with Crippen LogP contribution in [0.25, 0.3) is 10.2 Å². The number of esters is 1. The Morgan fingerprint density at radius 2 is 1.86 bits per heavy atom. The molecule has 1 heterocycles. The van der Waals surface area contributed by atoms with Crippen molar-refractivity contribution in [1.82, 2.24) is 4.98 Å². The lowest BCUT2D eigenvalue weighted by atomic mass is 9.96. The highest BCUT2D eigenvalue weighted by molar-refractivity contribution is 7.22. The molecule has 1 aliphatic rings. The monoisotopic (exact) mass is 406 g/mol. The second-order valence-corrected chi connectivity index (χ2v) is 7.46. The number of thiazole rings is 1. The fourth-order valence-electron chi connectivity index (χ4n) is 2.95. The first-order chi connectivity index (χ1) is 13.4. The third-order valence-corrected chi connectivity index (χ3v) is 5.49. The van der Waals surface area contributed by atoms with Crippen molar-refractivity contribution in [2.24, 2.45) is 0 Å². The van der Waals surface area contributed by atoms with Gasteiger partial charge in [0.05, 0.1) is 10.1 Å². The van der Waals surface area contributed by atoms with Gasteiger partial charge < -0.3 is 4.74 Å². The molecule has 1 amide bonds. The van der Waals surface area contributed by atoms with Crippen molar-refractivity contribution in [2.75, 3.05) is 11.9 Å². The summed E-state index contributed by atoms with van der Waals surface area (Å²) < 4.78 is 45.4. The van der Waals surface area contributed by atoms with Gasteiger partial charge in [-0.05, 0) is 24.5 Å². The zero-order valence-corrected chi connectivity index (χ0v) is 15.1. The van der Waals surface area contributed by atoms with E-state index >= 15 is 0 Å². The van der Waals surface area contributed by atoms with Crippen LogP contribution in [0.3, 0.4) is 0 Å². The number of carbonyl (C=O) groups is 2. The Balaban J connectivity index is 1.41. The van der Waals surface area contributed by atoms with Crippen LogP contribution >= 0.6 is 11.3 Å². The highest BCUT2D eigenvalue weighted by atomic mass is 32.1. The summed E-state index contributed by atoms with van der Waals surface area (Å²) in [7, 11) is 0. The topological polar surface area (TPSA) is 68.3 Å². The second-order valence-electron chi connectivity index (χ2n) is 6.42. The lowest BCUT2D eigenvalue weighted by Gasteiger charge is -2.14. The minimum atomic E-state index is -1.62. The highest BCUT2D eigenvalue weighted by Crippen LogP contribution is 2.49. The average Bonchev–Trinajstić information content (AvgIpc) is 3.41. The van der Waals surface area contributed by atoms with E-state index in [1.54, 1.807) is 0 Å². The summed E-state index contributed by atoms with van der Waals surface area (Å²) in [6, 6.07) is 9.97. The number of hydrogen-bond donors (Lipinski definition) is 1. The standard InChI is InChI=1S/C19H13F3N2O3S/c20-11-8-12-16(15(22)14(11)21)24-18(28-12)23-13(25)9-27-17(26)19(6-7-19)10-4-2-1-3-5-10/h1-5,8H,6-7,9H2,(H,23,24,25). The summed E-state index contributed by atoms with van der Waals surface area (Å²) in [6.07, 6.45) is 1.29. The Labute approximate surface area is 161 Å². The van der Waals surface area contributed by atoms with Crippen LogP contribution in [0.15, 0.2) is 36.4 Å². The van der Waals surface area contributed by atoms with E-state index in [0.29, 0.717) is 12.8 Å². The van der Waals surface area contributed by atoms with Crippen molar-refractivity contribution < 1.29 is 27.5 Å². The van der Waals surface area contributed by atoms with E-state index < -0.39 is 41.4 Å². The largest absolute Gasteiger partial charge is 0.455 e. The van der Waals surface area contributed by atoms with Crippen LogP contribution in [0, 0.1) is 17.5 Å². The Bertz CT molecular complexity index is 1080. The van der Waals surface area contributed by atoms with Crippen LogP contribution in [0.2, 0.25) is 0 Å². The van der Waals surface area contributed by atoms with Crippen molar-refractivity contribution in [3.63, 3.8) is 0 Å². The summed E-state index contributed by atoms with van der Waals surface area (Å²) in [5.74, 6) is -5.56. The van der Waals surface area contributed by atoms with E-state index in [9.17, 15) is 22.8 Å². The first kappa shape index (κ1) is 18.4. The molecular formula is C19H13F3N2O3S. The van der Waals surface area contributed by atoms with Gasteiger partial charge in [0.15, 0.2) is 29.2 Å². The van der Waals surface area contributed by atoms with Crippen molar-refractivity contribution in [3.05, 3.63) is 59.4 Å². The van der Waals surface area contributed by atoms with E-state index in [2.05, 4.69) is 10.3 Å². The fraction of sp³-hybridized carbons (Fsp3) is 0.211. The van der Waals surface area contributed by atoms with Gasteiger partial charge >= 0.3 is 5.97 Å². The van der Waals surface area contributed by atoms with Gasteiger partial charge in [0.2, 0.25) is 0 Å². The van der Waals surface area contributed by atoms with Gasteiger partial charge in [-0.15, -0.1) is 0 Å². The van der Waals surface area contributed by atoms with Crippen LogP contribution < -0.4 is 5.32 Å². The van der Waals surface area contributed by atoms with Crippen LogP contribution in [0.4, 0.5) is 18.3 Å². The maximum Gasteiger partial charge on any atom is 0.317 e. The number of anilines is 1. The molecule has 1 fully saturated rings. The SMILES string of the molecule is O=C(COC(=O)C1(c2ccccc2)CC1)Nc1nc2c(F)c(F)c(F)cc2s1. The number of carbonyl (C=O) groups excluding carboxylic acids is 2. The molecule has 0 unspecified atom stereocenters. The highest BCUT2D eigenvalue weighted by Gasteiger charge is 2.52. The van der Waals surface area contributed by atoms with Crippen molar-refractivity contribution in [1.29, 1.82) is 0 Å². The summed E-state index contributed by atoms with van der Waals surface area (Å²) >= 11 is 0.781. The summed E-state index contributed by atoms with van der Waals surface area (Å²) in [5, 5.41) is 2.29. The van der Waals surface area contributed by atoms with Gasteiger partial charge in [0, 0.05) is 0 Å². The van der Waals surface area contributed by atoms with Gasteiger partial charge in [0.1, 0.15) is 5.52 Å². The quantitative estimate of drug-likeness (QED) is 0.515. The number of rotatable bonds is 5. The van der Waals surface area contributed by atoms with E-state index in [1.165, 1.54) is 0 Å². The molecule has 0 aliphatic heterocycles. The zero-order valence-electron chi connectivity index (χ0n) is 14.3. The molecule has 0 saturated heterocycles. The smallest absolute Gasteiger partial charge is 0.317 e. The van der Waals surface area contributed by atoms with Crippen LogP contribution in [0.5, 0.6) is 0 Å². The zero-order chi connectivity index (χ0) is 19.9. The number of nitrogens with one attached hydrogen (secondary N) is 1. The fourth-order valence-corrected chi connectivity index (χ4v) is 3.85. The number of nitrogens with zero attached hydrogens (tertiary/aromatic N) is 1. The number of halogens is 3. The van der Waals surface area contributed by atoms with Gasteiger partial charge in [-0.3, -0.25) is 14.9 Å². The first-order valence-corrected chi connectivity index (χ1v) is 9.19. The molecule has 4 rings (SSSR count). The van der Waals surface area contributed by atoms with E-state index in [0.717, 1.165) is 23.0 Å². The second kappa shape index (κ2) is 6.90. The molecule has 9 heteroatoms. The molecule has 1 N–H and O–H groups in total. The van der Waals surface area contributed by atoms with Crippen molar-refractivity contribution in [2.45, 2.75) is 18.3 Å². The molecule has 144 valence electrons. The molecule has 1 aromatic heterocycles. The summed E-state index contributed by atoms with van der Waals surface area (Å²) in [5.41, 5.74) is -0.251. The van der Waals surface area contributed by atoms with E-state index in [4.69, 9.17) is 4.74 Å². The number of amides is 1. The lowest BCUT2D eigenvalue weighted by molar-refractivity contribution is -0.150. The molecule has 1 saturated carbocycles. The molecule has 0 radical (unpaired) electrons. The average molecular weight is 406 g/mol. The van der Waals surface area contributed by atoms with Gasteiger partial charge in [-0.1, -0.05) is 41.7 Å². The van der Waals surface area contributed by atoms with Crippen molar-refractivity contribution >= 4 is 38.6 Å². The number of hydrogen-bond acceptors (Lipinski definition) is 5. The van der Waals surface area contributed by atoms with Crippen molar-refractivity contribution in [3.8, 4) is 0 Å². The molecule has 5 nitrogen and oxygen atoms in total. The summed E-state index contributed by atoms with van der Waals surface area (Å²) in [6.45, 7) is -0.547. The molecule has 0 spiro atoms. The van der Waals surface area contributed by atoms with Crippen LogP contribution in [-0.4, -0.2) is 23.5 Å².